The molecule has 2 amide bonds. The van der Waals surface area contributed by atoms with Gasteiger partial charge in [0.25, 0.3) is 5.91 Å². The Morgan fingerprint density at radius 2 is 2.15 bits per heavy atom. The number of hydrogen-bond acceptors (Lipinski definition) is 2. The molecule has 1 aromatic rings. The third kappa shape index (κ3) is 2.09. The molecule has 2 aliphatic heterocycles. The zero-order valence-electron chi connectivity index (χ0n) is 11.8. The second kappa shape index (κ2) is 5.27. The predicted octanol–water partition coefficient (Wildman–Crippen LogP) is 1.87. The van der Waals surface area contributed by atoms with Gasteiger partial charge in [-0.15, -0.1) is 0 Å². The van der Waals surface area contributed by atoms with Crippen LogP contribution in [0.25, 0.3) is 0 Å². The molecule has 0 aliphatic carbocycles. The van der Waals surface area contributed by atoms with Crippen molar-refractivity contribution >= 4 is 11.8 Å². The maximum Gasteiger partial charge on any atom is 0.255 e. The summed E-state index contributed by atoms with van der Waals surface area (Å²) in [4.78, 5) is 26.5. The molecule has 0 spiro atoms. The van der Waals surface area contributed by atoms with Gasteiger partial charge >= 0.3 is 0 Å². The van der Waals surface area contributed by atoms with Crippen LogP contribution < -0.4 is 5.32 Å². The van der Waals surface area contributed by atoms with E-state index in [1.54, 1.807) is 4.90 Å². The van der Waals surface area contributed by atoms with Gasteiger partial charge < -0.3 is 10.2 Å². The number of fused-ring (bicyclic) bond motifs is 1. The van der Waals surface area contributed by atoms with Gasteiger partial charge in [-0.2, -0.15) is 0 Å². The van der Waals surface area contributed by atoms with E-state index in [-0.39, 0.29) is 17.9 Å². The Bertz CT molecular complexity index is 553. The first kappa shape index (κ1) is 13.2. The molecule has 20 heavy (non-hydrogen) atoms. The number of rotatable bonds is 2. The van der Waals surface area contributed by atoms with Crippen molar-refractivity contribution in [2.24, 2.45) is 0 Å². The van der Waals surface area contributed by atoms with Crippen LogP contribution in [0.5, 0.6) is 0 Å². The first-order valence-corrected chi connectivity index (χ1v) is 7.41. The molecule has 1 fully saturated rings. The van der Waals surface area contributed by atoms with Crippen molar-refractivity contribution < 1.29 is 9.59 Å². The molecule has 0 unspecified atom stereocenters. The molecular weight excluding hydrogens is 252 g/mol. The number of aryl methyl sites for hydroxylation is 1. The van der Waals surface area contributed by atoms with Crippen LogP contribution in [0.3, 0.4) is 0 Å². The second-order valence-electron chi connectivity index (χ2n) is 5.53. The fourth-order valence-electron chi connectivity index (χ4n) is 3.22. The molecule has 0 bridgehead atoms. The lowest BCUT2D eigenvalue weighted by molar-refractivity contribution is -0.125. The molecule has 1 aromatic carbocycles. The molecule has 0 aromatic heterocycles. The minimum absolute atomic E-state index is 0.00158. The maximum atomic E-state index is 12.6. The summed E-state index contributed by atoms with van der Waals surface area (Å²) in [5.74, 6) is 0.0130. The first-order valence-electron chi connectivity index (χ1n) is 7.41. The van der Waals surface area contributed by atoms with Gasteiger partial charge in [-0.1, -0.05) is 19.1 Å². The molecule has 3 rings (SSSR count). The minimum Gasteiger partial charge on any atom is -0.354 e. The van der Waals surface area contributed by atoms with E-state index in [0.29, 0.717) is 6.54 Å². The molecule has 2 heterocycles. The predicted molar refractivity (Wildman–Crippen MR) is 76.3 cm³/mol. The van der Waals surface area contributed by atoms with Gasteiger partial charge in [-0.3, -0.25) is 9.59 Å². The highest BCUT2D eigenvalue weighted by atomic mass is 16.2. The second-order valence-corrected chi connectivity index (χ2v) is 5.53. The van der Waals surface area contributed by atoms with Crippen LogP contribution in [-0.4, -0.2) is 29.3 Å². The van der Waals surface area contributed by atoms with Crippen molar-refractivity contribution in [3.63, 3.8) is 0 Å². The summed E-state index contributed by atoms with van der Waals surface area (Å²) in [5.41, 5.74) is 3.10. The average Bonchev–Trinajstić information content (AvgIpc) is 2.65. The average molecular weight is 272 g/mol. The summed E-state index contributed by atoms with van der Waals surface area (Å²) in [6, 6.07) is 5.59. The number of benzene rings is 1. The van der Waals surface area contributed by atoms with E-state index in [2.05, 4.69) is 18.3 Å². The van der Waals surface area contributed by atoms with Crippen LogP contribution in [0.2, 0.25) is 0 Å². The summed E-state index contributed by atoms with van der Waals surface area (Å²) >= 11 is 0. The number of amides is 2. The van der Waals surface area contributed by atoms with Crippen molar-refractivity contribution in [3.05, 3.63) is 34.9 Å². The van der Waals surface area contributed by atoms with Crippen molar-refractivity contribution in [1.82, 2.24) is 10.2 Å². The molecule has 0 radical (unpaired) electrons. The van der Waals surface area contributed by atoms with Crippen LogP contribution in [0.4, 0.5) is 0 Å². The third-order valence-electron chi connectivity index (χ3n) is 4.36. The first-order chi connectivity index (χ1) is 9.72. The lowest BCUT2D eigenvalue weighted by Gasteiger charge is -2.25. The molecule has 0 saturated carbocycles. The van der Waals surface area contributed by atoms with Crippen molar-refractivity contribution in [2.45, 2.75) is 45.2 Å². The molecule has 4 heteroatoms. The quantitative estimate of drug-likeness (QED) is 0.893. The SMILES string of the molecule is CCc1cccc2c1CN([C@H]1CCCCNC1=O)C2=O. The summed E-state index contributed by atoms with van der Waals surface area (Å²) in [7, 11) is 0. The zero-order chi connectivity index (χ0) is 14.1. The van der Waals surface area contributed by atoms with E-state index in [4.69, 9.17) is 0 Å². The Morgan fingerprint density at radius 1 is 1.30 bits per heavy atom. The molecule has 4 nitrogen and oxygen atoms in total. The Kier molecular flexibility index (Phi) is 3.47. The summed E-state index contributed by atoms with van der Waals surface area (Å²) in [5, 5.41) is 2.91. The Labute approximate surface area is 119 Å². The van der Waals surface area contributed by atoms with Crippen molar-refractivity contribution in [1.29, 1.82) is 0 Å². The molecule has 106 valence electrons. The van der Waals surface area contributed by atoms with Gasteiger partial charge in [0.15, 0.2) is 0 Å². The fraction of sp³-hybridized carbons (Fsp3) is 0.500. The van der Waals surface area contributed by atoms with E-state index in [1.807, 2.05) is 12.1 Å². The smallest absolute Gasteiger partial charge is 0.255 e. The normalized spacial score (nSPS) is 22.4. The summed E-state index contributed by atoms with van der Waals surface area (Å²) < 4.78 is 0. The Morgan fingerprint density at radius 3 is 2.95 bits per heavy atom. The number of carbonyl (C=O) groups excluding carboxylic acids is 2. The fourth-order valence-corrected chi connectivity index (χ4v) is 3.22. The lowest BCUT2D eigenvalue weighted by atomic mass is 10.0. The van der Waals surface area contributed by atoms with E-state index in [0.717, 1.165) is 43.4 Å². The lowest BCUT2D eigenvalue weighted by Crippen LogP contribution is -2.45. The number of carbonyl (C=O) groups is 2. The standard InChI is InChI=1S/C16H20N2O2/c1-2-11-6-5-7-12-13(11)10-18(16(12)20)14-8-3-4-9-17-15(14)19/h5-7,14H,2-4,8-10H2,1H3,(H,17,19)/t14-/m0/s1. The van der Waals surface area contributed by atoms with Gasteiger partial charge in [-0.25, -0.2) is 0 Å². The van der Waals surface area contributed by atoms with Crippen LogP contribution in [0, 0.1) is 0 Å². The topological polar surface area (TPSA) is 49.4 Å². The van der Waals surface area contributed by atoms with Gasteiger partial charge in [0.1, 0.15) is 6.04 Å². The van der Waals surface area contributed by atoms with E-state index in [9.17, 15) is 9.59 Å². The maximum absolute atomic E-state index is 12.6. The number of nitrogens with zero attached hydrogens (tertiary/aromatic N) is 1. The van der Waals surface area contributed by atoms with Gasteiger partial charge in [0, 0.05) is 18.7 Å². The molecule has 1 atom stereocenters. The molecule has 2 aliphatic rings. The molecule has 1 saturated heterocycles. The highest BCUT2D eigenvalue weighted by molar-refractivity contribution is 6.01. The zero-order valence-corrected chi connectivity index (χ0v) is 11.8. The Balaban J connectivity index is 1.91. The molecular formula is C16H20N2O2. The number of hydrogen-bond donors (Lipinski definition) is 1. The van der Waals surface area contributed by atoms with Crippen LogP contribution in [-0.2, 0) is 17.8 Å². The summed E-state index contributed by atoms with van der Waals surface area (Å²) in [6.45, 7) is 3.40. The van der Waals surface area contributed by atoms with E-state index in [1.165, 1.54) is 5.56 Å². The van der Waals surface area contributed by atoms with Crippen LogP contribution >= 0.6 is 0 Å². The van der Waals surface area contributed by atoms with Crippen LogP contribution in [0.1, 0.15) is 47.7 Å². The van der Waals surface area contributed by atoms with Gasteiger partial charge in [0.2, 0.25) is 5.91 Å². The van der Waals surface area contributed by atoms with Gasteiger partial charge in [0.05, 0.1) is 0 Å². The number of nitrogens with one attached hydrogen (secondary N) is 1. The van der Waals surface area contributed by atoms with E-state index >= 15 is 0 Å². The van der Waals surface area contributed by atoms with Crippen LogP contribution in [0.15, 0.2) is 18.2 Å². The van der Waals surface area contributed by atoms with Crippen molar-refractivity contribution in [2.75, 3.05) is 6.54 Å². The van der Waals surface area contributed by atoms with Gasteiger partial charge in [-0.05, 0) is 42.9 Å². The van der Waals surface area contributed by atoms with E-state index < -0.39 is 0 Å². The third-order valence-corrected chi connectivity index (χ3v) is 4.36. The highest BCUT2D eigenvalue weighted by Gasteiger charge is 2.37. The van der Waals surface area contributed by atoms with Crippen molar-refractivity contribution in [3.8, 4) is 0 Å². The Hall–Kier alpha value is -1.84. The highest BCUT2D eigenvalue weighted by Crippen LogP contribution is 2.29. The largest absolute Gasteiger partial charge is 0.354 e. The molecule has 1 N–H and O–H groups in total. The minimum atomic E-state index is -0.304. The summed E-state index contributed by atoms with van der Waals surface area (Å²) in [6.07, 6.45) is 3.68. The monoisotopic (exact) mass is 272 g/mol.